The summed E-state index contributed by atoms with van der Waals surface area (Å²) >= 11 is 0. The van der Waals surface area contributed by atoms with E-state index in [0.29, 0.717) is 17.5 Å². The van der Waals surface area contributed by atoms with E-state index in [0.717, 1.165) is 18.2 Å². The third-order valence-corrected chi connectivity index (χ3v) is 5.53. The van der Waals surface area contributed by atoms with Crippen LogP contribution in [0.15, 0.2) is 59.6 Å². The Morgan fingerprint density at radius 3 is 2.10 bits per heavy atom. The Bertz CT molecular complexity index is 1140. The van der Waals surface area contributed by atoms with E-state index >= 15 is 0 Å². The zero-order chi connectivity index (χ0) is 21.4. The minimum Gasteiger partial charge on any atom is -0.256 e. The topological polar surface area (TPSA) is 59.1 Å². The predicted molar refractivity (Wildman–Crippen MR) is 92.2 cm³/mol. The number of benzene rings is 2. The van der Waals surface area contributed by atoms with Gasteiger partial charge in [0.05, 0.1) is 21.5 Å². The van der Waals surface area contributed by atoms with Gasteiger partial charge in [-0.3, -0.25) is 4.98 Å². The molecule has 0 amide bonds. The van der Waals surface area contributed by atoms with Crippen LogP contribution in [0.1, 0.15) is 16.7 Å². The van der Waals surface area contributed by atoms with Gasteiger partial charge in [-0.1, -0.05) is 12.1 Å². The van der Waals surface area contributed by atoms with Crippen molar-refractivity contribution < 1.29 is 34.8 Å². The van der Waals surface area contributed by atoms with Crippen LogP contribution in [-0.4, -0.2) is 13.4 Å². The molecule has 0 aliphatic heterocycles. The fourth-order valence-corrected chi connectivity index (χ4v) is 3.72. The average molecular weight is 434 g/mol. The van der Waals surface area contributed by atoms with Crippen molar-refractivity contribution in [3.8, 4) is 0 Å². The Morgan fingerprint density at radius 2 is 1.52 bits per heavy atom. The van der Waals surface area contributed by atoms with Gasteiger partial charge in [-0.25, -0.2) is 13.1 Å². The molecule has 154 valence electrons. The number of halogens is 6. The van der Waals surface area contributed by atoms with E-state index in [-0.39, 0.29) is 11.1 Å². The second kappa shape index (κ2) is 7.30. The van der Waals surface area contributed by atoms with Crippen LogP contribution in [0.5, 0.6) is 0 Å². The first-order valence-electron chi connectivity index (χ1n) is 8.00. The number of rotatable bonds is 4. The van der Waals surface area contributed by atoms with E-state index in [2.05, 4.69) is 4.98 Å². The standard InChI is InChI=1S/C18H12F6N2O2S/c19-17(20,21)12-4-6-13(7-5-12)29(27,28)26-10-14-15(18(22,23)24)8-3-11-2-1-9-25-16(11)14/h1-9,26H,10H2. The van der Waals surface area contributed by atoms with Crippen molar-refractivity contribution in [2.45, 2.75) is 23.8 Å². The van der Waals surface area contributed by atoms with Crippen molar-refractivity contribution in [2.75, 3.05) is 0 Å². The van der Waals surface area contributed by atoms with Crippen LogP contribution >= 0.6 is 0 Å². The fraction of sp³-hybridized carbons (Fsp3) is 0.167. The molecule has 1 heterocycles. The second-order valence-electron chi connectivity index (χ2n) is 6.01. The first kappa shape index (κ1) is 21.1. The molecule has 0 saturated carbocycles. The summed E-state index contributed by atoms with van der Waals surface area (Å²) in [6.07, 6.45) is -8.12. The van der Waals surface area contributed by atoms with Gasteiger partial charge in [0.15, 0.2) is 0 Å². The summed E-state index contributed by atoms with van der Waals surface area (Å²) in [5, 5.41) is 0.379. The number of nitrogens with zero attached hydrogens (tertiary/aromatic N) is 1. The summed E-state index contributed by atoms with van der Waals surface area (Å²) in [6.45, 7) is -0.743. The van der Waals surface area contributed by atoms with E-state index in [9.17, 15) is 34.8 Å². The van der Waals surface area contributed by atoms with E-state index in [1.807, 2.05) is 4.72 Å². The molecular weight excluding hydrogens is 422 g/mol. The lowest BCUT2D eigenvalue weighted by atomic mass is 10.0. The molecule has 0 aliphatic rings. The molecule has 0 saturated heterocycles. The van der Waals surface area contributed by atoms with Crippen molar-refractivity contribution in [1.29, 1.82) is 0 Å². The lowest BCUT2D eigenvalue weighted by Gasteiger charge is -2.16. The molecule has 29 heavy (non-hydrogen) atoms. The molecule has 3 rings (SSSR count). The smallest absolute Gasteiger partial charge is 0.256 e. The molecule has 0 atom stereocenters. The Balaban J connectivity index is 1.95. The van der Waals surface area contributed by atoms with Gasteiger partial charge in [0.25, 0.3) is 0 Å². The number of sulfonamides is 1. The van der Waals surface area contributed by atoms with Crippen molar-refractivity contribution in [3.63, 3.8) is 0 Å². The maximum Gasteiger partial charge on any atom is 0.416 e. The molecule has 2 aromatic carbocycles. The highest BCUT2D eigenvalue weighted by Crippen LogP contribution is 2.35. The van der Waals surface area contributed by atoms with Crippen LogP contribution in [0.4, 0.5) is 26.3 Å². The van der Waals surface area contributed by atoms with Gasteiger partial charge >= 0.3 is 12.4 Å². The monoisotopic (exact) mass is 434 g/mol. The number of alkyl halides is 6. The first-order valence-corrected chi connectivity index (χ1v) is 9.48. The first-order chi connectivity index (χ1) is 13.4. The zero-order valence-corrected chi connectivity index (χ0v) is 15.2. The molecule has 0 radical (unpaired) electrons. The molecule has 4 nitrogen and oxygen atoms in total. The maximum absolute atomic E-state index is 13.4. The Morgan fingerprint density at radius 1 is 0.862 bits per heavy atom. The van der Waals surface area contributed by atoms with Crippen LogP contribution in [0.3, 0.4) is 0 Å². The molecule has 0 bridgehead atoms. The highest BCUT2D eigenvalue weighted by Gasteiger charge is 2.35. The van der Waals surface area contributed by atoms with Gasteiger partial charge in [-0.05, 0) is 36.4 Å². The minimum absolute atomic E-state index is 0.0301. The Hall–Kier alpha value is -2.66. The number of hydrogen-bond acceptors (Lipinski definition) is 3. The number of pyridine rings is 1. The summed E-state index contributed by atoms with van der Waals surface area (Å²) in [5.74, 6) is 0. The molecule has 0 aliphatic carbocycles. The van der Waals surface area contributed by atoms with Gasteiger partial charge in [0, 0.05) is 23.7 Å². The van der Waals surface area contributed by atoms with Crippen molar-refractivity contribution in [3.05, 3.63) is 71.4 Å². The fourth-order valence-electron chi connectivity index (χ4n) is 2.72. The van der Waals surface area contributed by atoms with E-state index in [1.54, 1.807) is 0 Å². The third kappa shape index (κ3) is 4.51. The molecule has 0 spiro atoms. The van der Waals surface area contributed by atoms with Crippen LogP contribution in [-0.2, 0) is 28.9 Å². The molecule has 1 aromatic heterocycles. The summed E-state index contributed by atoms with van der Waals surface area (Å²) in [4.78, 5) is 3.40. The summed E-state index contributed by atoms with van der Waals surface area (Å²) in [7, 11) is -4.36. The van der Waals surface area contributed by atoms with Crippen LogP contribution < -0.4 is 4.72 Å². The summed E-state index contributed by atoms with van der Waals surface area (Å²) in [5.41, 5.74) is -2.52. The molecule has 0 unspecified atom stereocenters. The van der Waals surface area contributed by atoms with Gasteiger partial charge in [-0.15, -0.1) is 0 Å². The maximum atomic E-state index is 13.4. The van der Waals surface area contributed by atoms with Crippen LogP contribution in [0, 0.1) is 0 Å². The Kier molecular flexibility index (Phi) is 5.30. The van der Waals surface area contributed by atoms with Crippen LogP contribution in [0.25, 0.3) is 10.9 Å². The predicted octanol–water partition coefficient (Wildman–Crippen LogP) is 4.75. The largest absolute Gasteiger partial charge is 0.416 e. The summed E-state index contributed by atoms with van der Waals surface area (Å²) in [6, 6.07) is 7.71. The molecule has 0 fully saturated rings. The Labute approximate surface area is 161 Å². The molecule has 1 N–H and O–H groups in total. The molecule has 11 heteroatoms. The number of hydrogen-bond donors (Lipinski definition) is 1. The average Bonchev–Trinajstić information content (AvgIpc) is 2.64. The quantitative estimate of drug-likeness (QED) is 0.603. The zero-order valence-electron chi connectivity index (χ0n) is 14.3. The van der Waals surface area contributed by atoms with Gasteiger partial charge in [0.2, 0.25) is 10.0 Å². The normalized spacial score (nSPS) is 13.0. The van der Waals surface area contributed by atoms with E-state index < -0.39 is 44.9 Å². The van der Waals surface area contributed by atoms with Crippen LogP contribution in [0.2, 0.25) is 0 Å². The lowest BCUT2D eigenvalue weighted by Crippen LogP contribution is -2.25. The second-order valence-corrected chi connectivity index (χ2v) is 7.78. The third-order valence-electron chi connectivity index (χ3n) is 4.12. The lowest BCUT2D eigenvalue weighted by molar-refractivity contribution is -0.138. The number of aromatic nitrogens is 1. The van der Waals surface area contributed by atoms with Crippen molar-refractivity contribution >= 4 is 20.9 Å². The van der Waals surface area contributed by atoms with Gasteiger partial charge < -0.3 is 0 Å². The SMILES string of the molecule is O=S(=O)(NCc1c(C(F)(F)F)ccc2cccnc12)c1ccc(C(F)(F)F)cc1. The van der Waals surface area contributed by atoms with Crippen molar-refractivity contribution in [1.82, 2.24) is 9.71 Å². The van der Waals surface area contributed by atoms with E-state index in [4.69, 9.17) is 0 Å². The highest BCUT2D eigenvalue weighted by atomic mass is 32.2. The number of nitrogens with one attached hydrogen (secondary N) is 1. The highest BCUT2D eigenvalue weighted by molar-refractivity contribution is 7.89. The summed E-state index contributed by atoms with van der Waals surface area (Å²) < 4.78 is 105. The molecular formula is C18H12F6N2O2S. The van der Waals surface area contributed by atoms with Gasteiger partial charge in [-0.2, -0.15) is 26.3 Å². The van der Waals surface area contributed by atoms with Gasteiger partial charge in [0.1, 0.15) is 0 Å². The minimum atomic E-state index is -4.75. The molecule has 3 aromatic rings. The van der Waals surface area contributed by atoms with E-state index in [1.165, 1.54) is 24.4 Å². The number of fused-ring (bicyclic) bond motifs is 1. The van der Waals surface area contributed by atoms with Crippen molar-refractivity contribution in [2.24, 2.45) is 0 Å².